The maximum atomic E-state index is 14.5. The fourth-order valence-corrected chi connectivity index (χ4v) is 8.10. The maximum absolute atomic E-state index is 14.5. The number of piperazine rings is 1. The van der Waals surface area contributed by atoms with Crippen LogP contribution in [0.1, 0.15) is 62.3 Å². The summed E-state index contributed by atoms with van der Waals surface area (Å²) in [7, 11) is 0. The number of amides is 2. The number of benzene rings is 4. The Bertz CT molecular complexity index is 2500. The van der Waals surface area contributed by atoms with Gasteiger partial charge in [0.1, 0.15) is 35.6 Å². The van der Waals surface area contributed by atoms with Crippen molar-refractivity contribution < 1.29 is 18.4 Å². The molecule has 2 amide bonds. The van der Waals surface area contributed by atoms with E-state index in [-0.39, 0.29) is 17.4 Å². The van der Waals surface area contributed by atoms with Crippen LogP contribution in [0, 0.1) is 0 Å². The molecule has 3 aliphatic rings. The predicted molar refractivity (Wildman–Crippen MR) is 226 cm³/mol. The Morgan fingerprint density at radius 3 is 1.84 bits per heavy atom. The third kappa shape index (κ3) is 7.16. The molecule has 0 radical (unpaired) electrons. The Hall–Kier alpha value is -5.90. The molecule has 4 aromatic rings. The Labute approximate surface area is 328 Å². The Morgan fingerprint density at radius 1 is 0.625 bits per heavy atom. The van der Waals surface area contributed by atoms with E-state index >= 15 is 0 Å². The fraction of sp³-hybridized carbons (Fsp3) is 0.348. The van der Waals surface area contributed by atoms with Gasteiger partial charge in [0.15, 0.2) is 0 Å². The second kappa shape index (κ2) is 16.5. The molecule has 10 heteroatoms. The molecule has 3 aromatic carbocycles. The first-order valence-corrected chi connectivity index (χ1v) is 20.1. The molecule has 7 rings (SSSR count). The van der Waals surface area contributed by atoms with E-state index in [0.29, 0.717) is 42.7 Å². The Balaban J connectivity index is 1.20. The van der Waals surface area contributed by atoms with Crippen LogP contribution in [0.25, 0.3) is 44.4 Å². The second-order valence-corrected chi connectivity index (χ2v) is 14.2. The standard InChI is InChI=1S/C46H52N5O5/c1-7-47(8-2)32-18-17-31-27-39(46(54)56-40(31)28-32)45(53)51-25-23-50(24-26-51)44(52)36-16-14-13-15-35(36)43-37-21-19-33(48(9-3)10-4)29-41(37)55-42-30-34(20-22-38(42)43)49(11-5)12-6/h13-22,27-30H,7-12,23-26H2,1-6H3/q+1. The summed E-state index contributed by atoms with van der Waals surface area (Å²) in [6, 6.07) is 27.8. The smallest absolute Gasteiger partial charge is 0.349 e. The van der Waals surface area contributed by atoms with Crippen molar-refractivity contribution in [3.63, 3.8) is 0 Å². The first kappa shape index (κ1) is 38.4. The van der Waals surface area contributed by atoms with Gasteiger partial charge in [-0.2, -0.15) is 0 Å². The molecule has 2 aliphatic heterocycles. The van der Waals surface area contributed by atoms with E-state index in [2.05, 4.69) is 92.3 Å². The van der Waals surface area contributed by atoms with Gasteiger partial charge >= 0.3 is 5.63 Å². The monoisotopic (exact) mass is 754 g/mol. The van der Waals surface area contributed by atoms with Crippen molar-refractivity contribution in [1.29, 1.82) is 0 Å². The van der Waals surface area contributed by atoms with Gasteiger partial charge in [-0.3, -0.25) is 9.59 Å². The number of rotatable bonds is 11. The van der Waals surface area contributed by atoms with Crippen molar-refractivity contribution in [2.45, 2.75) is 41.5 Å². The van der Waals surface area contributed by atoms with E-state index in [0.717, 1.165) is 89.4 Å². The molecule has 0 bridgehead atoms. The Kier molecular flexibility index (Phi) is 11.3. The number of anilines is 2. The number of fused-ring (bicyclic) bond motifs is 3. The minimum atomic E-state index is -0.658. The van der Waals surface area contributed by atoms with E-state index in [9.17, 15) is 14.4 Å². The molecule has 1 fully saturated rings. The predicted octanol–water partition coefficient (Wildman–Crippen LogP) is 7.41. The summed E-state index contributed by atoms with van der Waals surface area (Å²) < 4.78 is 14.7. The first-order chi connectivity index (χ1) is 27.2. The Morgan fingerprint density at radius 2 is 1.21 bits per heavy atom. The molecule has 1 aromatic heterocycles. The molecule has 0 spiro atoms. The van der Waals surface area contributed by atoms with Gasteiger partial charge in [-0.1, -0.05) is 18.2 Å². The summed E-state index contributed by atoms with van der Waals surface area (Å²) in [5.74, 6) is 0.258. The van der Waals surface area contributed by atoms with Crippen LogP contribution in [-0.2, 0) is 0 Å². The molecule has 56 heavy (non-hydrogen) atoms. The SMILES string of the molecule is CCN(CC)c1ccc2cc(C(=O)N3CCN(C(=O)c4ccccc4-c4c5ccc(=[N+](CC)CC)cc-5oc5cc(N(CC)CC)ccc45)CC3)c(=O)oc2c1. The normalized spacial score (nSPS) is 13.1. The molecule has 1 aliphatic carbocycles. The van der Waals surface area contributed by atoms with E-state index in [1.54, 1.807) is 15.9 Å². The molecule has 10 nitrogen and oxygen atoms in total. The lowest BCUT2D eigenvalue weighted by Crippen LogP contribution is -2.51. The summed E-state index contributed by atoms with van der Waals surface area (Å²) in [5.41, 5.74) is 5.88. The number of nitrogens with zero attached hydrogens (tertiary/aromatic N) is 5. The van der Waals surface area contributed by atoms with E-state index in [4.69, 9.17) is 8.83 Å². The summed E-state index contributed by atoms with van der Waals surface area (Å²) >= 11 is 0. The number of carbonyl (C=O) groups is 2. The van der Waals surface area contributed by atoms with Gasteiger partial charge < -0.3 is 28.4 Å². The average molecular weight is 755 g/mol. The van der Waals surface area contributed by atoms with Crippen molar-refractivity contribution in [3.8, 4) is 22.5 Å². The van der Waals surface area contributed by atoms with Crippen molar-refractivity contribution in [3.05, 3.63) is 112 Å². The third-order valence-electron chi connectivity index (χ3n) is 11.3. The highest BCUT2D eigenvalue weighted by atomic mass is 16.4. The number of hydrogen-bond donors (Lipinski definition) is 0. The lowest BCUT2D eigenvalue weighted by molar-refractivity contribution is 0.0533. The molecular formula is C46H52N5O5+. The molecule has 0 saturated carbocycles. The lowest BCUT2D eigenvalue weighted by atomic mass is 9.90. The zero-order valence-corrected chi connectivity index (χ0v) is 33.4. The van der Waals surface area contributed by atoms with Crippen molar-refractivity contribution >= 4 is 45.1 Å². The van der Waals surface area contributed by atoms with Gasteiger partial charge in [-0.05, 0) is 89.6 Å². The summed E-state index contributed by atoms with van der Waals surface area (Å²) in [5, 5.41) is 2.70. The first-order valence-electron chi connectivity index (χ1n) is 20.1. The van der Waals surface area contributed by atoms with E-state index < -0.39 is 5.63 Å². The zero-order valence-electron chi connectivity index (χ0n) is 33.4. The summed E-state index contributed by atoms with van der Waals surface area (Å²) in [6.07, 6.45) is 0. The largest absolute Gasteiger partial charge is 0.456 e. The van der Waals surface area contributed by atoms with E-state index in [1.165, 1.54) is 0 Å². The van der Waals surface area contributed by atoms with Gasteiger partial charge in [0.05, 0.1) is 6.07 Å². The average Bonchev–Trinajstić information content (AvgIpc) is 3.23. The number of hydrogen-bond acceptors (Lipinski definition) is 7. The highest BCUT2D eigenvalue weighted by Crippen LogP contribution is 2.42. The van der Waals surface area contributed by atoms with Gasteiger partial charge in [0, 0.05) is 109 Å². The topological polar surface area (TPSA) is 93.5 Å². The quantitative estimate of drug-likeness (QED) is 0.0773. The molecule has 1 saturated heterocycles. The van der Waals surface area contributed by atoms with Crippen LogP contribution < -0.4 is 25.4 Å². The van der Waals surface area contributed by atoms with Crippen LogP contribution in [-0.4, -0.2) is 87.1 Å². The van der Waals surface area contributed by atoms with Gasteiger partial charge in [0.25, 0.3) is 11.8 Å². The van der Waals surface area contributed by atoms with Crippen LogP contribution >= 0.6 is 0 Å². The van der Waals surface area contributed by atoms with E-state index in [1.807, 2.05) is 42.5 Å². The molecule has 290 valence electrons. The van der Waals surface area contributed by atoms with Crippen LogP contribution in [0.2, 0.25) is 0 Å². The van der Waals surface area contributed by atoms with Crippen molar-refractivity contribution in [2.24, 2.45) is 0 Å². The van der Waals surface area contributed by atoms with Crippen LogP contribution in [0.5, 0.6) is 0 Å². The van der Waals surface area contributed by atoms with Gasteiger partial charge in [-0.15, -0.1) is 0 Å². The molecule has 0 unspecified atom stereocenters. The van der Waals surface area contributed by atoms with Crippen LogP contribution in [0.15, 0.2) is 98.6 Å². The van der Waals surface area contributed by atoms with Gasteiger partial charge in [0.2, 0.25) is 5.36 Å². The highest BCUT2D eigenvalue weighted by molar-refractivity contribution is 6.09. The fourth-order valence-electron chi connectivity index (χ4n) is 8.10. The van der Waals surface area contributed by atoms with Gasteiger partial charge in [-0.25, -0.2) is 9.37 Å². The minimum Gasteiger partial charge on any atom is -0.456 e. The molecule has 0 N–H and O–H groups in total. The molecule has 3 heterocycles. The highest BCUT2D eigenvalue weighted by Gasteiger charge is 2.30. The minimum absolute atomic E-state index is 0.000220. The van der Waals surface area contributed by atoms with Crippen LogP contribution in [0.3, 0.4) is 0 Å². The van der Waals surface area contributed by atoms with Crippen molar-refractivity contribution in [2.75, 3.05) is 75.2 Å². The third-order valence-corrected chi connectivity index (χ3v) is 11.3. The second-order valence-electron chi connectivity index (χ2n) is 14.2. The van der Waals surface area contributed by atoms with Crippen LogP contribution in [0.4, 0.5) is 11.4 Å². The zero-order chi connectivity index (χ0) is 39.5. The van der Waals surface area contributed by atoms with Crippen molar-refractivity contribution in [1.82, 2.24) is 14.4 Å². The maximum Gasteiger partial charge on any atom is 0.349 e. The molecular weight excluding hydrogens is 703 g/mol. The molecule has 0 atom stereocenters. The summed E-state index contributed by atoms with van der Waals surface area (Å²) in [6.45, 7) is 19.1. The number of carbonyl (C=O) groups excluding carboxylic acids is 2. The lowest BCUT2D eigenvalue weighted by Gasteiger charge is -2.35. The summed E-state index contributed by atoms with van der Waals surface area (Å²) in [4.78, 5) is 49.2.